The van der Waals surface area contributed by atoms with E-state index in [0.29, 0.717) is 0 Å². The third kappa shape index (κ3) is 7.43. The zero-order valence-electron chi connectivity index (χ0n) is 53.9. The molecule has 0 fully saturated rings. The summed E-state index contributed by atoms with van der Waals surface area (Å²) in [6.07, 6.45) is 7.00. The fourth-order valence-electron chi connectivity index (χ4n) is 17.0. The maximum Gasteiger partial charge on any atom is 0.252 e. The summed E-state index contributed by atoms with van der Waals surface area (Å²) in [6, 6.07) is 54.8. The number of nitrogens with zero attached hydrogens (tertiary/aromatic N) is 3. The van der Waals surface area contributed by atoms with Crippen molar-refractivity contribution in [1.29, 1.82) is 0 Å². The maximum absolute atomic E-state index is 2.83. The molecule has 0 atom stereocenters. The fraction of sp³-hybridized carbons (Fsp3) is 0.400. The highest BCUT2D eigenvalue weighted by Gasteiger charge is 2.50. The van der Waals surface area contributed by atoms with E-state index in [2.05, 4.69) is 272 Å². The van der Waals surface area contributed by atoms with Crippen molar-refractivity contribution >= 4 is 95.3 Å². The Hall–Kier alpha value is -6.78. The highest BCUT2D eigenvalue weighted by atomic mass is 15.2. The number of fused-ring (bicyclic) bond motifs is 15. The highest BCUT2D eigenvalue weighted by Crippen LogP contribution is 2.59. The topological polar surface area (TPSA) is 10.9 Å². The maximum atomic E-state index is 2.83. The van der Waals surface area contributed by atoms with Crippen LogP contribution in [0.1, 0.15) is 208 Å². The van der Waals surface area contributed by atoms with Gasteiger partial charge in [-0.25, -0.2) is 0 Å². The van der Waals surface area contributed by atoms with Crippen LogP contribution < -0.4 is 26.2 Å². The minimum Gasteiger partial charge on any atom is -0.311 e. The summed E-state index contributed by atoms with van der Waals surface area (Å²) in [5.74, 6) is 0. The third-order valence-corrected chi connectivity index (χ3v) is 22.6. The van der Waals surface area contributed by atoms with Gasteiger partial charge in [-0.15, -0.1) is 0 Å². The summed E-state index contributed by atoms with van der Waals surface area (Å²) < 4.78 is 2.65. The lowest BCUT2D eigenvalue weighted by Crippen LogP contribution is -2.62. The molecule has 0 amide bonds. The lowest BCUT2D eigenvalue weighted by Gasteiger charge is -2.48. The number of anilines is 6. The third-order valence-electron chi connectivity index (χ3n) is 22.6. The molecule has 4 heteroatoms. The van der Waals surface area contributed by atoms with E-state index >= 15 is 0 Å². The zero-order valence-corrected chi connectivity index (χ0v) is 53.9. The molecule has 0 saturated heterocycles. The van der Waals surface area contributed by atoms with E-state index in [0.717, 1.165) is 19.3 Å². The van der Waals surface area contributed by atoms with Crippen LogP contribution in [0.2, 0.25) is 0 Å². The molecule has 426 valence electrons. The highest BCUT2D eigenvalue weighted by molar-refractivity contribution is 7.01. The first-order chi connectivity index (χ1) is 39.4. The van der Waals surface area contributed by atoms with Gasteiger partial charge in [-0.3, -0.25) is 0 Å². The van der Waals surface area contributed by atoms with Crippen molar-refractivity contribution in [3.8, 4) is 11.1 Å². The van der Waals surface area contributed by atoms with Gasteiger partial charge in [-0.05, 0) is 197 Å². The van der Waals surface area contributed by atoms with E-state index in [9.17, 15) is 0 Å². The van der Waals surface area contributed by atoms with Crippen molar-refractivity contribution < 1.29 is 0 Å². The Kier molecular flexibility index (Phi) is 10.9. The fourth-order valence-corrected chi connectivity index (χ4v) is 17.0. The monoisotopic (exact) mass is 1100 g/mol. The number of benzene rings is 8. The molecule has 3 nitrogen and oxygen atoms in total. The Labute approximate surface area is 502 Å². The van der Waals surface area contributed by atoms with Gasteiger partial charge in [0.15, 0.2) is 0 Å². The van der Waals surface area contributed by atoms with Crippen LogP contribution in [0.5, 0.6) is 0 Å². The van der Waals surface area contributed by atoms with Crippen LogP contribution in [0.3, 0.4) is 0 Å². The molecule has 8 aromatic carbocycles. The molecule has 5 aliphatic rings. The van der Waals surface area contributed by atoms with Gasteiger partial charge in [-0.1, -0.05) is 210 Å². The summed E-state index contributed by atoms with van der Waals surface area (Å²) in [4.78, 5) is 5.63. The first-order valence-electron chi connectivity index (χ1n) is 32.0. The summed E-state index contributed by atoms with van der Waals surface area (Å²) in [7, 11) is 0. The van der Waals surface area contributed by atoms with Crippen molar-refractivity contribution in [3.05, 3.63) is 178 Å². The lowest BCUT2D eigenvalue weighted by molar-refractivity contribution is 0.332. The zero-order chi connectivity index (χ0) is 59.1. The summed E-state index contributed by atoms with van der Waals surface area (Å²) in [5.41, 5.74) is 30.1. The molecule has 4 heterocycles. The number of rotatable bonds is 3. The standard InChI is InChI=1S/C80H88BN3/c1-73(2,3)48-28-33-64(53(42-48)47-27-31-54-56(41-47)77(11,12)37-35-75(54,7)8)84-65-34-29-49(74(4,5)6)43-60(65)81-61-45-58-59(80(17,18)40-39-79(58,15)16)46-66(61)82(50-30-32-55-57(44-50)78(13,14)38-36-76(55,9)10)71-67-51-23-19-21-25-62(51)83-63-26-22-20-24-52(63)68(70(67)83)72(84)69(71)81/h19-34,41-46H,35-40H2,1-18H3. The van der Waals surface area contributed by atoms with E-state index in [1.807, 2.05) is 0 Å². The second-order valence-corrected chi connectivity index (χ2v) is 32.9. The number of hydrogen-bond donors (Lipinski definition) is 0. The van der Waals surface area contributed by atoms with Crippen LogP contribution >= 0.6 is 0 Å². The van der Waals surface area contributed by atoms with Crippen LogP contribution in [0.25, 0.3) is 49.2 Å². The van der Waals surface area contributed by atoms with Gasteiger partial charge in [0.05, 0.1) is 33.6 Å². The van der Waals surface area contributed by atoms with E-state index < -0.39 is 0 Å². The molecule has 0 bridgehead atoms. The van der Waals surface area contributed by atoms with Crippen molar-refractivity contribution in [2.45, 2.75) is 206 Å². The van der Waals surface area contributed by atoms with Crippen molar-refractivity contribution in [2.24, 2.45) is 0 Å². The molecule has 0 saturated carbocycles. The molecular formula is C80H88BN3. The second kappa shape index (κ2) is 17.0. The van der Waals surface area contributed by atoms with E-state index in [1.54, 1.807) is 0 Å². The largest absolute Gasteiger partial charge is 0.311 e. The van der Waals surface area contributed by atoms with Gasteiger partial charge in [0.2, 0.25) is 0 Å². The summed E-state index contributed by atoms with van der Waals surface area (Å²) in [5, 5.41) is 5.29. The molecular weight excluding hydrogens is 1010 g/mol. The van der Waals surface area contributed by atoms with Gasteiger partial charge in [0.1, 0.15) is 0 Å². The first kappa shape index (κ1) is 53.9. The van der Waals surface area contributed by atoms with Crippen LogP contribution in [0.15, 0.2) is 133 Å². The molecule has 0 N–H and O–H groups in total. The predicted octanol–water partition coefficient (Wildman–Crippen LogP) is 20.2. The van der Waals surface area contributed by atoms with E-state index in [1.165, 1.54) is 164 Å². The molecule has 2 aliphatic heterocycles. The quantitative estimate of drug-likeness (QED) is 0.163. The van der Waals surface area contributed by atoms with Gasteiger partial charge in [0.25, 0.3) is 6.71 Å². The Balaban J connectivity index is 1.17. The van der Waals surface area contributed by atoms with E-state index in [-0.39, 0.29) is 50.0 Å². The molecule has 2 aromatic heterocycles. The van der Waals surface area contributed by atoms with Crippen molar-refractivity contribution in [2.75, 3.05) is 9.80 Å². The Morgan fingerprint density at radius 1 is 0.381 bits per heavy atom. The average molecular weight is 1100 g/mol. The van der Waals surface area contributed by atoms with Crippen LogP contribution in [0.4, 0.5) is 34.1 Å². The minimum atomic E-state index is -0.0916. The molecule has 84 heavy (non-hydrogen) atoms. The molecule has 0 spiro atoms. The normalized spacial score (nSPS) is 19.5. The van der Waals surface area contributed by atoms with Gasteiger partial charge in [-0.2, -0.15) is 0 Å². The second-order valence-electron chi connectivity index (χ2n) is 32.9. The summed E-state index contributed by atoms with van der Waals surface area (Å²) >= 11 is 0. The Morgan fingerprint density at radius 2 is 0.821 bits per heavy atom. The van der Waals surface area contributed by atoms with Crippen molar-refractivity contribution in [1.82, 2.24) is 4.40 Å². The first-order valence-corrected chi connectivity index (χ1v) is 32.0. The SMILES string of the molecule is CC(C)(C)c1ccc2c(c1)B1c3cc4c(cc3N(c3ccc5c(c3)C(C)(C)CCC5(C)C)c3c1c(c1c5ccccc5n5c6ccccc6c3c15)N2c1ccc(C(C)(C)C)cc1-c1ccc2c(c1)C(C)(C)CCC2(C)C)C(C)(C)CCC4(C)C. The predicted molar refractivity (Wildman–Crippen MR) is 364 cm³/mol. The summed E-state index contributed by atoms with van der Waals surface area (Å²) in [6.45, 7) is 44.2. The number of aromatic nitrogens is 1. The van der Waals surface area contributed by atoms with Gasteiger partial charge < -0.3 is 14.2 Å². The van der Waals surface area contributed by atoms with Crippen molar-refractivity contribution in [3.63, 3.8) is 0 Å². The Morgan fingerprint density at radius 3 is 1.37 bits per heavy atom. The van der Waals surface area contributed by atoms with Gasteiger partial charge in [0, 0.05) is 44.2 Å². The number of hydrogen-bond acceptors (Lipinski definition) is 2. The van der Waals surface area contributed by atoms with Gasteiger partial charge >= 0.3 is 0 Å². The average Bonchev–Trinajstić information content (AvgIpc) is 2.54. The lowest BCUT2D eigenvalue weighted by atomic mass is 9.32. The van der Waals surface area contributed by atoms with Crippen LogP contribution in [-0.4, -0.2) is 11.1 Å². The molecule has 0 unspecified atom stereocenters. The number of para-hydroxylation sites is 2. The van der Waals surface area contributed by atoms with Crippen LogP contribution in [-0.2, 0) is 43.3 Å². The molecule has 0 radical (unpaired) electrons. The molecule has 15 rings (SSSR count). The smallest absolute Gasteiger partial charge is 0.252 e. The molecule has 3 aliphatic carbocycles. The van der Waals surface area contributed by atoms with E-state index in [4.69, 9.17) is 0 Å². The minimum absolute atomic E-state index is 0.00120. The molecule has 10 aromatic rings. The Bertz CT molecular complexity index is 4480. The van der Waals surface area contributed by atoms with Crippen LogP contribution in [0, 0.1) is 0 Å².